The quantitative estimate of drug-likeness (QED) is 0.398. The average molecular weight is 479 g/mol. The van der Waals surface area contributed by atoms with E-state index >= 15 is 0 Å². The molecule has 172 valence electrons. The molecular weight excluding hydrogens is 460 g/mol. The minimum Gasteiger partial charge on any atom is -0.441 e. The standard InChI is InChI=1S/C22H19ClN8O3/c1-13(16-4-3-9-25-19(16)23)34-22(33)28-20-18(29-30-31(20)2)17-6-5-14(12-26-17)21(32)27-15-7-10-24-11-8-15/h3-13H,1-2H3,(H,28,33)(H,24,27,32)/t13-/m1/s1. The Labute approximate surface area is 199 Å². The van der Waals surface area contributed by atoms with E-state index in [1.54, 1.807) is 69.0 Å². The maximum Gasteiger partial charge on any atom is 0.413 e. The van der Waals surface area contributed by atoms with Gasteiger partial charge in [0.25, 0.3) is 5.91 Å². The first-order chi connectivity index (χ1) is 16.4. The molecule has 2 amide bonds. The molecular formula is C22H19ClN8O3. The lowest BCUT2D eigenvalue weighted by Gasteiger charge is -2.15. The molecule has 0 bridgehead atoms. The third-order valence-corrected chi connectivity index (χ3v) is 5.08. The maximum absolute atomic E-state index is 12.5. The largest absolute Gasteiger partial charge is 0.441 e. The Hall–Kier alpha value is -4.38. The first-order valence-corrected chi connectivity index (χ1v) is 10.5. The van der Waals surface area contributed by atoms with E-state index in [4.69, 9.17) is 16.3 Å². The van der Waals surface area contributed by atoms with Crippen LogP contribution in [-0.2, 0) is 11.8 Å². The van der Waals surface area contributed by atoms with Gasteiger partial charge in [-0.1, -0.05) is 22.9 Å². The van der Waals surface area contributed by atoms with Gasteiger partial charge in [-0.2, -0.15) is 0 Å². The Bertz CT molecular complexity index is 1310. The third-order valence-electron chi connectivity index (χ3n) is 4.76. The second-order valence-corrected chi connectivity index (χ2v) is 7.45. The van der Waals surface area contributed by atoms with Crippen molar-refractivity contribution in [3.63, 3.8) is 0 Å². The van der Waals surface area contributed by atoms with E-state index in [9.17, 15) is 9.59 Å². The van der Waals surface area contributed by atoms with E-state index in [-0.39, 0.29) is 16.9 Å². The fraction of sp³-hybridized carbons (Fsp3) is 0.136. The van der Waals surface area contributed by atoms with Crippen LogP contribution in [0.4, 0.5) is 16.3 Å². The van der Waals surface area contributed by atoms with E-state index in [2.05, 4.69) is 35.9 Å². The van der Waals surface area contributed by atoms with Crippen LogP contribution < -0.4 is 10.6 Å². The van der Waals surface area contributed by atoms with E-state index < -0.39 is 12.2 Å². The molecule has 2 N–H and O–H groups in total. The number of aromatic nitrogens is 6. The number of pyridine rings is 3. The molecule has 4 heterocycles. The smallest absolute Gasteiger partial charge is 0.413 e. The Balaban J connectivity index is 1.46. The number of anilines is 2. The molecule has 34 heavy (non-hydrogen) atoms. The van der Waals surface area contributed by atoms with Gasteiger partial charge in [-0.3, -0.25) is 20.1 Å². The molecule has 0 aliphatic heterocycles. The molecule has 4 aromatic rings. The SMILES string of the molecule is C[C@@H](OC(=O)Nc1c(-c2ccc(C(=O)Nc3ccncc3)cn2)nnn1C)c1cccnc1Cl. The second-order valence-electron chi connectivity index (χ2n) is 7.09. The molecule has 0 aliphatic rings. The summed E-state index contributed by atoms with van der Waals surface area (Å²) >= 11 is 6.07. The van der Waals surface area contributed by atoms with E-state index in [0.29, 0.717) is 28.2 Å². The number of carbonyl (C=O) groups excluding carboxylic acids is 2. The van der Waals surface area contributed by atoms with Crippen LogP contribution in [0.1, 0.15) is 28.9 Å². The number of halogens is 1. The Morgan fingerprint density at radius 2 is 1.85 bits per heavy atom. The number of aryl methyl sites for hydroxylation is 1. The minimum atomic E-state index is -0.729. The zero-order chi connectivity index (χ0) is 24.1. The van der Waals surface area contributed by atoms with Crippen molar-refractivity contribution >= 4 is 35.1 Å². The molecule has 1 atom stereocenters. The number of rotatable bonds is 6. The summed E-state index contributed by atoms with van der Waals surface area (Å²) in [5.41, 5.74) is 2.26. The van der Waals surface area contributed by atoms with Crippen molar-refractivity contribution in [1.82, 2.24) is 29.9 Å². The van der Waals surface area contributed by atoms with E-state index in [1.165, 1.54) is 10.9 Å². The van der Waals surface area contributed by atoms with Crippen LogP contribution in [0.15, 0.2) is 61.2 Å². The van der Waals surface area contributed by atoms with Gasteiger partial charge >= 0.3 is 6.09 Å². The Morgan fingerprint density at radius 3 is 2.56 bits per heavy atom. The molecule has 0 fully saturated rings. The van der Waals surface area contributed by atoms with Crippen LogP contribution in [0.5, 0.6) is 0 Å². The number of amides is 2. The highest BCUT2D eigenvalue weighted by atomic mass is 35.5. The zero-order valence-corrected chi connectivity index (χ0v) is 18.9. The van der Waals surface area contributed by atoms with Crippen LogP contribution in [-0.4, -0.2) is 41.9 Å². The van der Waals surface area contributed by atoms with Crippen molar-refractivity contribution in [2.75, 3.05) is 10.6 Å². The molecule has 0 saturated carbocycles. The summed E-state index contributed by atoms with van der Waals surface area (Å²) in [6.45, 7) is 1.68. The molecule has 0 aromatic carbocycles. The molecule has 4 aromatic heterocycles. The summed E-state index contributed by atoms with van der Waals surface area (Å²) in [4.78, 5) is 37.1. The van der Waals surface area contributed by atoms with Gasteiger partial charge in [-0.15, -0.1) is 5.10 Å². The van der Waals surface area contributed by atoms with Crippen LogP contribution in [0.2, 0.25) is 5.15 Å². The van der Waals surface area contributed by atoms with Crippen LogP contribution in [0, 0.1) is 0 Å². The molecule has 11 nitrogen and oxygen atoms in total. The number of nitrogens with one attached hydrogen (secondary N) is 2. The van der Waals surface area contributed by atoms with E-state index in [0.717, 1.165) is 0 Å². The summed E-state index contributed by atoms with van der Waals surface area (Å²) in [6, 6.07) is 10.00. The second kappa shape index (κ2) is 10.0. The summed E-state index contributed by atoms with van der Waals surface area (Å²) in [7, 11) is 1.62. The van der Waals surface area contributed by atoms with Gasteiger partial charge in [0.2, 0.25) is 0 Å². The molecule has 0 saturated heterocycles. The highest BCUT2D eigenvalue weighted by Gasteiger charge is 2.20. The summed E-state index contributed by atoms with van der Waals surface area (Å²) in [6.07, 6.45) is 4.75. The first-order valence-electron chi connectivity index (χ1n) is 10.1. The molecule has 0 spiro atoms. The normalized spacial score (nSPS) is 11.5. The summed E-state index contributed by atoms with van der Waals surface area (Å²) in [5.74, 6) is -0.0506. The summed E-state index contributed by atoms with van der Waals surface area (Å²) < 4.78 is 6.80. The van der Waals surface area contributed by atoms with Gasteiger partial charge in [0, 0.05) is 43.1 Å². The molecule has 12 heteroatoms. The van der Waals surface area contributed by atoms with E-state index in [1.807, 2.05) is 0 Å². The maximum atomic E-state index is 12.5. The van der Waals surface area contributed by atoms with Crippen molar-refractivity contribution in [2.24, 2.45) is 7.05 Å². The number of ether oxygens (including phenoxy) is 1. The van der Waals surface area contributed by atoms with Gasteiger partial charge in [-0.25, -0.2) is 14.5 Å². The Kier molecular flexibility index (Phi) is 6.74. The van der Waals surface area contributed by atoms with Crippen molar-refractivity contribution in [2.45, 2.75) is 13.0 Å². The third kappa shape index (κ3) is 5.15. The van der Waals surface area contributed by atoms with Gasteiger partial charge in [0.05, 0.1) is 11.3 Å². The fourth-order valence-electron chi connectivity index (χ4n) is 3.03. The van der Waals surface area contributed by atoms with Crippen molar-refractivity contribution in [3.05, 3.63) is 77.5 Å². The van der Waals surface area contributed by atoms with Gasteiger partial charge < -0.3 is 10.1 Å². The lowest BCUT2D eigenvalue weighted by molar-refractivity contribution is 0.102. The molecule has 4 rings (SSSR count). The highest BCUT2D eigenvalue weighted by molar-refractivity contribution is 6.30. The number of hydrogen-bond donors (Lipinski definition) is 2. The number of hydrogen-bond acceptors (Lipinski definition) is 8. The predicted octanol–water partition coefficient (Wildman–Crippen LogP) is 3.88. The molecule has 0 aliphatic carbocycles. The minimum absolute atomic E-state index is 0.253. The predicted molar refractivity (Wildman–Crippen MR) is 124 cm³/mol. The van der Waals surface area contributed by atoms with Crippen LogP contribution in [0.25, 0.3) is 11.4 Å². The fourth-order valence-corrected chi connectivity index (χ4v) is 3.30. The van der Waals surface area contributed by atoms with Crippen molar-refractivity contribution in [1.29, 1.82) is 0 Å². The lowest BCUT2D eigenvalue weighted by atomic mass is 10.2. The van der Waals surface area contributed by atoms with Gasteiger partial charge in [-0.05, 0) is 37.3 Å². The number of nitrogens with zero attached hydrogens (tertiary/aromatic N) is 6. The monoisotopic (exact) mass is 478 g/mol. The topological polar surface area (TPSA) is 137 Å². The Morgan fingerprint density at radius 1 is 1.06 bits per heavy atom. The van der Waals surface area contributed by atoms with Crippen LogP contribution in [0.3, 0.4) is 0 Å². The zero-order valence-electron chi connectivity index (χ0n) is 18.1. The van der Waals surface area contributed by atoms with Crippen molar-refractivity contribution in [3.8, 4) is 11.4 Å². The average Bonchev–Trinajstić information content (AvgIpc) is 3.19. The molecule has 0 unspecified atom stereocenters. The van der Waals surface area contributed by atoms with Crippen molar-refractivity contribution < 1.29 is 14.3 Å². The first kappa shape index (κ1) is 22.8. The number of carbonyl (C=O) groups is 2. The van der Waals surface area contributed by atoms with Gasteiger partial charge in [0.15, 0.2) is 11.5 Å². The van der Waals surface area contributed by atoms with Crippen LogP contribution >= 0.6 is 11.6 Å². The summed E-state index contributed by atoms with van der Waals surface area (Å²) in [5, 5.41) is 13.7. The van der Waals surface area contributed by atoms with Gasteiger partial charge in [0.1, 0.15) is 11.3 Å². The lowest BCUT2D eigenvalue weighted by Crippen LogP contribution is -2.18. The molecule has 0 radical (unpaired) electrons. The highest BCUT2D eigenvalue weighted by Crippen LogP contribution is 2.26.